The molecular weight excluding hydrogens is 591 g/mol. The van der Waals surface area contributed by atoms with Crippen molar-refractivity contribution in [3.63, 3.8) is 0 Å². The molecule has 0 aliphatic carbocycles. The van der Waals surface area contributed by atoms with E-state index < -0.39 is 25.2 Å². The van der Waals surface area contributed by atoms with Crippen molar-refractivity contribution in [1.82, 2.24) is 9.97 Å². The Hall–Kier alpha value is -4.01. The second-order valence-electron chi connectivity index (χ2n) is 8.86. The van der Waals surface area contributed by atoms with Crippen LogP contribution in [-0.4, -0.2) is 31.7 Å². The van der Waals surface area contributed by atoms with Gasteiger partial charge >= 0.3 is 20.2 Å². The Kier molecular flexibility index (Phi) is 8.95. The van der Waals surface area contributed by atoms with Gasteiger partial charge in [-0.25, -0.2) is 0 Å². The van der Waals surface area contributed by atoms with Crippen LogP contribution in [0.15, 0.2) is 87.7 Å². The predicted molar refractivity (Wildman–Crippen MR) is 152 cm³/mol. The second-order valence-corrected chi connectivity index (χ2v) is 12.9. The van der Waals surface area contributed by atoms with E-state index in [1.807, 2.05) is 13.8 Å². The van der Waals surface area contributed by atoms with Gasteiger partial charge in [0, 0.05) is 17.9 Å². The smallest absolute Gasteiger partial charge is 0.340 e. The second kappa shape index (κ2) is 12.2. The number of nitro groups is 1. The molecule has 0 amide bonds. The Morgan fingerprint density at radius 1 is 0.756 bits per heavy atom. The molecule has 0 unspecified atom stereocenters. The van der Waals surface area contributed by atoms with Crippen LogP contribution in [-0.2, 0) is 32.4 Å². The van der Waals surface area contributed by atoms with Gasteiger partial charge in [0.05, 0.1) is 10.5 Å². The molecule has 0 atom stereocenters. The quantitative estimate of drug-likeness (QED) is 0.0700. The van der Waals surface area contributed by atoms with Crippen molar-refractivity contribution in [1.29, 1.82) is 0 Å². The van der Waals surface area contributed by atoms with Gasteiger partial charge in [-0.15, -0.1) is 0 Å². The van der Waals surface area contributed by atoms with Gasteiger partial charge in [0.15, 0.2) is 5.16 Å². The fraction of sp³-hybridized carbons (Fsp3) is 0.185. The van der Waals surface area contributed by atoms with Gasteiger partial charge in [-0.1, -0.05) is 66.2 Å². The van der Waals surface area contributed by atoms with Crippen LogP contribution in [0.4, 0.5) is 5.69 Å². The van der Waals surface area contributed by atoms with E-state index in [0.717, 1.165) is 22.9 Å². The Morgan fingerprint density at radius 2 is 1.20 bits per heavy atom. The summed E-state index contributed by atoms with van der Waals surface area (Å²) in [5, 5.41) is 10.9. The maximum Gasteiger partial charge on any atom is 0.340 e. The van der Waals surface area contributed by atoms with E-state index in [2.05, 4.69) is 9.97 Å². The van der Waals surface area contributed by atoms with Gasteiger partial charge in [-0.3, -0.25) is 10.1 Å². The number of aromatic nitrogens is 2. The lowest BCUT2D eigenvalue weighted by Crippen LogP contribution is -2.16. The first-order valence-electron chi connectivity index (χ1n) is 12.2. The minimum atomic E-state index is -4.35. The number of thioether (sulfide) groups is 1. The highest BCUT2D eigenvalue weighted by Gasteiger charge is 2.27. The van der Waals surface area contributed by atoms with Crippen LogP contribution in [0.2, 0.25) is 0 Å². The molecule has 0 N–H and O–H groups in total. The number of nitro benzene ring substituents is 1. The molecule has 1 heterocycles. The number of hydrogen-bond donors (Lipinski definition) is 0. The SMILES string of the molecule is CCc1c(OS(=O)(=O)c2ccc(C)cc2)nc(SCc2ccc([N+](=O)[O-])cc2)nc1OS(=O)(=O)c1ccc(C)cc1. The fourth-order valence-electron chi connectivity index (χ4n) is 3.51. The van der Waals surface area contributed by atoms with E-state index in [0.29, 0.717) is 5.56 Å². The summed E-state index contributed by atoms with van der Waals surface area (Å²) in [4.78, 5) is 18.8. The lowest BCUT2D eigenvalue weighted by atomic mass is 10.2. The van der Waals surface area contributed by atoms with Crippen molar-refractivity contribution in [2.75, 3.05) is 0 Å². The number of hydrogen-bond acceptors (Lipinski definition) is 11. The van der Waals surface area contributed by atoms with Crippen molar-refractivity contribution in [3.8, 4) is 11.8 Å². The molecule has 0 saturated heterocycles. The van der Waals surface area contributed by atoms with E-state index in [1.165, 1.54) is 36.4 Å². The molecule has 4 aromatic rings. The first-order chi connectivity index (χ1) is 19.4. The average molecular weight is 616 g/mol. The molecule has 0 spiro atoms. The molecule has 214 valence electrons. The molecule has 0 saturated carbocycles. The lowest BCUT2D eigenvalue weighted by Gasteiger charge is -2.15. The molecule has 3 aromatic carbocycles. The Labute approximate surface area is 242 Å². The number of benzene rings is 3. The number of aryl methyl sites for hydroxylation is 2. The van der Waals surface area contributed by atoms with Gasteiger partial charge < -0.3 is 8.37 Å². The molecule has 11 nitrogen and oxygen atoms in total. The third-order valence-corrected chi connectivity index (χ3v) is 9.15. The first kappa shape index (κ1) is 30.0. The minimum absolute atomic E-state index is 0.0243. The minimum Gasteiger partial charge on any atom is -0.358 e. The number of non-ortho nitro benzene ring substituents is 1. The summed E-state index contributed by atoms with van der Waals surface area (Å²) < 4.78 is 63.3. The highest BCUT2D eigenvalue weighted by molar-refractivity contribution is 7.98. The highest BCUT2D eigenvalue weighted by atomic mass is 32.2. The van der Waals surface area contributed by atoms with Gasteiger partial charge in [0.1, 0.15) is 9.79 Å². The van der Waals surface area contributed by atoms with Crippen LogP contribution in [0, 0.1) is 24.0 Å². The van der Waals surface area contributed by atoms with Crippen molar-refractivity contribution in [2.45, 2.75) is 47.9 Å². The molecule has 0 aliphatic heterocycles. The van der Waals surface area contributed by atoms with Gasteiger partial charge in [0.25, 0.3) is 5.69 Å². The van der Waals surface area contributed by atoms with Crippen LogP contribution in [0.3, 0.4) is 0 Å². The zero-order valence-corrected chi connectivity index (χ0v) is 24.6. The molecule has 4 rings (SSSR count). The van der Waals surface area contributed by atoms with Crippen LogP contribution in [0.1, 0.15) is 29.2 Å². The van der Waals surface area contributed by atoms with E-state index in [4.69, 9.17) is 8.37 Å². The number of rotatable bonds is 11. The fourth-order valence-corrected chi connectivity index (χ4v) is 6.11. The van der Waals surface area contributed by atoms with Gasteiger partial charge in [-0.05, 0) is 50.1 Å². The molecule has 0 radical (unpaired) electrons. The van der Waals surface area contributed by atoms with Crippen molar-refractivity contribution < 1.29 is 30.1 Å². The maximum absolute atomic E-state index is 13.1. The molecule has 1 aromatic heterocycles. The summed E-state index contributed by atoms with van der Waals surface area (Å²) in [5.74, 6) is -0.510. The normalized spacial score (nSPS) is 11.7. The third kappa shape index (κ3) is 7.39. The zero-order valence-electron chi connectivity index (χ0n) is 22.2. The van der Waals surface area contributed by atoms with Crippen molar-refractivity contribution in [3.05, 3.63) is 105 Å². The standard InChI is InChI=1S/C27H25N3O8S3/c1-4-24-25(37-40(33,34)22-13-5-18(2)6-14-22)28-27(39-17-20-9-11-21(12-10-20)30(31)32)29-26(24)38-41(35,36)23-15-7-19(3)8-16-23/h5-16H,4,17H2,1-3H3. The Morgan fingerprint density at radius 3 is 1.59 bits per heavy atom. The van der Waals surface area contributed by atoms with Gasteiger partial charge in [0.2, 0.25) is 11.8 Å². The number of nitrogens with zero attached hydrogens (tertiary/aromatic N) is 3. The van der Waals surface area contributed by atoms with E-state index in [-0.39, 0.29) is 50.1 Å². The molecule has 41 heavy (non-hydrogen) atoms. The summed E-state index contributed by atoms with van der Waals surface area (Å²) in [6.07, 6.45) is 0.0881. The lowest BCUT2D eigenvalue weighted by molar-refractivity contribution is -0.384. The van der Waals surface area contributed by atoms with Gasteiger partial charge in [-0.2, -0.15) is 26.8 Å². The van der Waals surface area contributed by atoms with E-state index in [9.17, 15) is 26.9 Å². The summed E-state index contributed by atoms with van der Waals surface area (Å²) >= 11 is 1.04. The molecule has 14 heteroatoms. The van der Waals surface area contributed by atoms with E-state index >= 15 is 0 Å². The summed E-state index contributed by atoms with van der Waals surface area (Å²) in [6.45, 7) is 5.27. The topological polar surface area (TPSA) is 156 Å². The first-order valence-corrected chi connectivity index (χ1v) is 16.0. The Bertz CT molecular complexity index is 1680. The van der Waals surface area contributed by atoms with E-state index in [1.54, 1.807) is 43.3 Å². The average Bonchev–Trinajstić information content (AvgIpc) is 2.92. The summed E-state index contributed by atoms with van der Waals surface area (Å²) in [5.41, 5.74) is 2.35. The van der Waals surface area contributed by atoms with Crippen LogP contribution in [0.5, 0.6) is 11.8 Å². The van der Waals surface area contributed by atoms with Crippen molar-refractivity contribution >= 4 is 37.7 Å². The molecule has 0 aliphatic rings. The van der Waals surface area contributed by atoms with Crippen LogP contribution >= 0.6 is 11.8 Å². The predicted octanol–water partition coefficient (Wildman–Crippen LogP) is 5.39. The van der Waals surface area contributed by atoms with Crippen LogP contribution in [0.25, 0.3) is 0 Å². The third-order valence-electron chi connectivity index (χ3n) is 5.78. The largest absolute Gasteiger partial charge is 0.358 e. The maximum atomic E-state index is 13.1. The summed E-state index contributed by atoms with van der Waals surface area (Å²) in [6, 6.07) is 17.8. The van der Waals surface area contributed by atoms with Crippen LogP contribution < -0.4 is 8.37 Å². The molecular formula is C27H25N3O8S3. The highest BCUT2D eigenvalue weighted by Crippen LogP contribution is 2.34. The zero-order chi connectivity index (χ0) is 29.8. The summed E-state index contributed by atoms with van der Waals surface area (Å²) in [7, 11) is -8.69. The molecule has 0 bridgehead atoms. The Balaban J connectivity index is 1.73. The monoisotopic (exact) mass is 615 g/mol. The molecule has 0 fully saturated rings. The van der Waals surface area contributed by atoms with Crippen molar-refractivity contribution in [2.24, 2.45) is 0 Å².